The van der Waals surface area contributed by atoms with Gasteiger partial charge in [-0.2, -0.15) is 0 Å². The molecule has 5 nitrogen and oxygen atoms in total. The smallest absolute Gasteiger partial charge is 0.226 e. The molecule has 1 aromatic heterocycles. The molecule has 0 saturated carbocycles. The second kappa shape index (κ2) is 5.58. The molecule has 2 fully saturated rings. The molecule has 132 valence electrons. The normalized spacial score (nSPS) is 29.7. The summed E-state index contributed by atoms with van der Waals surface area (Å²) in [5.41, 5.74) is 0.715. The molecular formula is C19H22FN3O2. The number of nitrogens with one attached hydrogen (secondary N) is 2. The van der Waals surface area contributed by atoms with Crippen LogP contribution in [0, 0.1) is 17.2 Å². The van der Waals surface area contributed by atoms with Crippen LogP contribution in [0.15, 0.2) is 24.4 Å². The average molecular weight is 343 g/mol. The predicted octanol–water partition coefficient (Wildman–Crippen LogP) is 2.41. The van der Waals surface area contributed by atoms with Crippen molar-refractivity contribution in [1.82, 2.24) is 15.2 Å². The van der Waals surface area contributed by atoms with Gasteiger partial charge in [0.25, 0.3) is 0 Å². The SMILES string of the molecule is Cn1ccc2cc(C3CCC([C@@]4(C)CCNC4=O)C(=O)N3)cc(F)c21. The second-order valence-corrected chi connectivity index (χ2v) is 7.48. The molecule has 2 aliphatic heterocycles. The van der Waals surface area contributed by atoms with Crippen LogP contribution < -0.4 is 10.6 Å². The maximum atomic E-state index is 14.4. The molecule has 0 aliphatic carbocycles. The van der Waals surface area contributed by atoms with Crippen molar-refractivity contribution in [2.75, 3.05) is 6.54 Å². The van der Waals surface area contributed by atoms with Gasteiger partial charge in [-0.15, -0.1) is 0 Å². The van der Waals surface area contributed by atoms with E-state index >= 15 is 0 Å². The van der Waals surface area contributed by atoms with E-state index in [1.54, 1.807) is 4.57 Å². The third-order valence-corrected chi connectivity index (χ3v) is 5.94. The molecule has 0 bridgehead atoms. The average Bonchev–Trinajstić information content (AvgIpc) is 3.11. The van der Waals surface area contributed by atoms with Crippen molar-refractivity contribution in [3.8, 4) is 0 Å². The van der Waals surface area contributed by atoms with E-state index < -0.39 is 5.41 Å². The van der Waals surface area contributed by atoms with E-state index in [0.29, 0.717) is 31.3 Å². The third kappa shape index (κ3) is 2.42. The molecule has 2 amide bonds. The Bertz CT molecular complexity index is 875. The highest BCUT2D eigenvalue weighted by atomic mass is 19.1. The molecule has 2 aromatic rings. The monoisotopic (exact) mass is 343 g/mol. The number of amides is 2. The Labute approximate surface area is 145 Å². The van der Waals surface area contributed by atoms with E-state index in [1.165, 1.54) is 6.07 Å². The number of aromatic nitrogens is 1. The maximum absolute atomic E-state index is 14.4. The number of carbonyl (C=O) groups is 2. The molecule has 3 heterocycles. The van der Waals surface area contributed by atoms with Gasteiger partial charge < -0.3 is 15.2 Å². The van der Waals surface area contributed by atoms with E-state index in [1.807, 2.05) is 32.3 Å². The number of aryl methyl sites for hydroxylation is 1. The summed E-state index contributed by atoms with van der Waals surface area (Å²) in [5, 5.41) is 6.67. The predicted molar refractivity (Wildman–Crippen MR) is 92.2 cm³/mol. The quantitative estimate of drug-likeness (QED) is 0.880. The third-order valence-electron chi connectivity index (χ3n) is 5.94. The van der Waals surface area contributed by atoms with Crippen LogP contribution in [0.3, 0.4) is 0 Å². The molecule has 6 heteroatoms. The van der Waals surface area contributed by atoms with Crippen molar-refractivity contribution >= 4 is 22.7 Å². The van der Waals surface area contributed by atoms with E-state index in [9.17, 15) is 14.0 Å². The number of nitrogens with zero attached hydrogens (tertiary/aromatic N) is 1. The number of hydrogen-bond acceptors (Lipinski definition) is 2. The van der Waals surface area contributed by atoms with E-state index in [-0.39, 0.29) is 29.6 Å². The topological polar surface area (TPSA) is 63.1 Å². The van der Waals surface area contributed by atoms with Crippen LogP contribution >= 0.6 is 0 Å². The van der Waals surface area contributed by atoms with E-state index in [0.717, 1.165) is 10.9 Å². The Morgan fingerprint density at radius 2 is 2.08 bits per heavy atom. The van der Waals surface area contributed by atoms with Crippen molar-refractivity contribution in [3.05, 3.63) is 35.8 Å². The molecule has 0 radical (unpaired) electrons. The zero-order chi connectivity index (χ0) is 17.8. The highest BCUT2D eigenvalue weighted by Gasteiger charge is 2.49. The van der Waals surface area contributed by atoms with Crippen molar-refractivity contribution in [3.63, 3.8) is 0 Å². The molecule has 3 atom stereocenters. The largest absolute Gasteiger partial charge is 0.356 e. The summed E-state index contributed by atoms with van der Waals surface area (Å²) in [5.74, 6) is -0.748. The number of hydrogen-bond donors (Lipinski definition) is 2. The first-order chi connectivity index (χ1) is 11.9. The van der Waals surface area contributed by atoms with Crippen LogP contribution in [-0.2, 0) is 16.6 Å². The minimum Gasteiger partial charge on any atom is -0.356 e. The van der Waals surface area contributed by atoms with E-state index in [4.69, 9.17) is 0 Å². The summed E-state index contributed by atoms with van der Waals surface area (Å²) in [4.78, 5) is 24.8. The summed E-state index contributed by atoms with van der Waals surface area (Å²) in [6.45, 7) is 2.49. The van der Waals surface area contributed by atoms with Gasteiger partial charge in [0.15, 0.2) is 0 Å². The van der Waals surface area contributed by atoms with Gasteiger partial charge in [0.2, 0.25) is 11.8 Å². The van der Waals surface area contributed by atoms with Crippen LogP contribution in [0.25, 0.3) is 10.9 Å². The number of carbonyl (C=O) groups excluding carboxylic acids is 2. The molecule has 0 spiro atoms. The molecule has 2 N–H and O–H groups in total. The zero-order valence-corrected chi connectivity index (χ0v) is 14.4. The lowest BCUT2D eigenvalue weighted by Crippen LogP contribution is -2.48. The first-order valence-electron chi connectivity index (χ1n) is 8.73. The molecule has 1 aromatic carbocycles. The molecule has 2 saturated heterocycles. The number of halogens is 1. The van der Waals surface area contributed by atoms with Crippen molar-refractivity contribution < 1.29 is 14.0 Å². The van der Waals surface area contributed by atoms with Crippen LogP contribution in [0.1, 0.15) is 37.8 Å². The molecule has 2 unspecified atom stereocenters. The lowest BCUT2D eigenvalue weighted by atomic mass is 9.70. The minimum atomic E-state index is -0.635. The van der Waals surface area contributed by atoms with Gasteiger partial charge in [0.1, 0.15) is 5.82 Å². The fourth-order valence-electron chi connectivity index (χ4n) is 4.36. The van der Waals surface area contributed by atoms with Gasteiger partial charge in [-0.25, -0.2) is 4.39 Å². The van der Waals surface area contributed by atoms with Gasteiger partial charge in [-0.05, 0) is 49.9 Å². The maximum Gasteiger partial charge on any atom is 0.226 e. The highest BCUT2D eigenvalue weighted by molar-refractivity contribution is 5.92. The van der Waals surface area contributed by atoms with Crippen molar-refractivity contribution in [1.29, 1.82) is 0 Å². The van der Waals surface area contributed by atoms with E-state index in [2.05, 4.69) is 10.6 Å². The molecule has 25 heavy (non-hydrogen) atoms. The van der Waals surface area contributed by atoms with Crippen LogP contribution in [0.4, 0.5) is 4.39 Å². The van der Waals surface area contributed by atoms with Gasteiger partial charge in [0, 0.05) is 25.2 Å². The highest BCUT2D eigenvalue weighted by Crippen LogP contribution is 2.42. The van der Waals surface area contributed by atoms with Crippen LogP contribution in [0.2, 0.25) is 0 Å². The Hall–Kier alpha value is -2.37. The fraction of sp³-hybridized carbons (Fsp3) is 0.474. The van der Waals surface area contributed by atoms with Gasteiger partial charge in [-0.3, -0.25) is 9.59 Å². The molecular weight excluding hydrogens is 321 g/mol. The van der Waals surface area contributed by atoms with Crippen molar-refractivity contribution in [2.45, 2.75) is 32.2 Å². The van der Waals surface area contributed by atoms with Gasteiger partial charge in [0.05, 0.1) is 22.9 Å². The Morgan fingerprint density at radius 1 is 1.28 bits per heavy atom. The van der Waals surface area contributed by atoms with Gasteiger partial charge >= 0.3 is 0 Å². The lowest BCUT2D eigenvalue weighted by Gasteiger charge is -2.37. The molecule has 2 aliphatic rings. The zero-order valence-electron chi connectivity index (χ0n) is 14.4. The first kappa shape index (κ1) is 16.1. The lowest BCUT2D eigenvalue weighted by molar-refractivity contribution is -0.141. The number of piperidine rings is 1. The Morgan fingerprint density at radius 3 is 2.76 bits per heavy atom. The summed E-state index contributed by atoms with van der Waals surface area (Å²) < 4.78 is 16.2. The second-order valence-electron chi connectivity index (χ2n) is 7.48. The minimum absolute atomic E-state index is 0.0390. The Kier molecular flexibility index (Phi) is 3.60. The number of fused-ring (bicyclic) bond motifs is 1. The summed E-state index contributed by atoms with van der Waals surface area (Å²) in [7, 11) is 1.81. The number of rotatable bonds is 2. The first-order valence-corrected chi connectivity index (χ1v) is 8.73. The standard InChI is InChI=1S/C19H22FN3O2/c1-19(6-7-21-18(19)25)13-3-4-15(22-17(13)24)12-9-11-5-8-23(2)16(11)14(20)10-12/h5,8-10,13,15H,3-4,6-7H2,1-2H3,(H,21,25)(H,22,24)/t13?,15?,19-/m1/s1. The van der Waals surface area contributed by atoms with Crippen LogP contribution in [0.5, 0.6) is 0 Å². The summed E-state index contributed by atoms with van der Waals surface area (Å²) in [6, 6.07) is 5.11. The number of benzene rings is 1. The Balaban J connectivity index is 1.59. The van der Waals surface area contributed by atoms with Crippen molar-refractivity contribution in [2.24, 2.45) is 18.4 Å². The molecule has 4 rings (SSSR count). The summed E-state index contributed by atoms with van der Waals surface area (Å²) in [6.07, 6.45) is 3.84. The summed E-state index contributed by atoms with van der Waals surface area (Å²) >= 11 is 0. The van der Waals surface area contributed by atoms with Gasteiger partial charge in [-0.1, -0.05) is 0 Å². The fourth-order valence-corrected chi connectivity index (χ4v) is 4.36. The van der Waals surface area contributed by atoms with Crippen LogP contribution in [-0.4, -0.2) is 22.9 Å².